The molecular weight excluding hydrogens is 400 g/mol. The van der Waals surface area contributed by atoms with Gasteiger partial charge >= 0.3 is 0 Å². The maximum Gasteiger partial charge on any atom is 0.224 e. The summed E-state index contributed by atoms with van der Waals surface area (Å²) in [5.41, 5.74) is 2.16. The molecule has 1 aliphatic carbocycles. The molecule has 0 aromatic heterocycles. The van der Waals surface area contributed by atoms with Crippen molar-refractivity contribution in [3.05, 3.63) is 58.1 Å². The number of benzene rings is 1. The van der Waals surface area contributed by atoms with Crippen molar-refractivity contribution in [2.75, 3.05) is 26.2 Å². The first-order valence-electron chi connectivity index (χ1n) is 8.69. The standard InChI is InChI=1S/C19H25BrN2O2S/c1-15-7-9-19(10-8-15,16(2)17-3-5-18(20)6-4-17)25(23,24)22-13-11-21-12-14-22/h3-9,16,21H,10-14H2,1-2H3/t16?,19-/m0/s1. The molecule has 6 heteroatoms. The van der Waals surface area contributed by atoms with Crippen LogP contribution in [0.2, 0.25) is 0 Å². The van der Waals surface area contributed by atoms with Crippen LogP contribution < -0.4 is 5.32 Å². The van der Waals surface area contributed by atoms with Gasteiger partial charge in [0.2, 0.25) is 10.0 Å². The van der Waals surface area contributed by atoms with Gasteiger partial charge in [-0.1, -0.05) is 58.8 Å². The highest BCUT2D eigenvalue weighted by atomic mass is 79.9. The first-order chi connectivity index (χ1) is 11.9. The number of allylic oxidation sites excluding steroid dienone is 3. The van der Waals surface area contributed by atoms with E-state index in [2.05, 4.69) is 27.3 Å². The van der Waals surface area contributed by atoms with E-state index in [-0.39, 0.29) is 5.92 Å². The Morgan fingerprint density at radius 3 is 2.40 bits per heavy atom. The van der Waals surface area contributed by atoms with Crippen LogP contribution in [0.25, 0.3) is 0 Å². The number of halogens is 1. The molecule has 2 atom stereocenters. The van der Waals surface area contributed by atoms with Crippen molar-refractivity contribution in [1.82, 2.24) is 9.62 Å². The van der Waals surface area contributed by atoms with Gasteiger partial charge in [0.15, 0.2) is 0 Å². The lowest BCUT2D eigenvalue weighted by Gasteiger charge is -2.42. The molecule has 25 heavy (non-hydrogen) atoms. The third-order valence-corrected chi connectivity index (χ3v) is 8.56. The molecule has 1 aromatic rings. The minimum atomic E-state index is -3.48. The highest BCUT2D eigenvalue weighted by Crippen LogP contribution is 2.43. The summed E-state index contributed by atoms with van der Waals surface area (Å²) in [6, 6.07) is 7.99. The van der Waals surface area contributed by atoms with Crippen LogP contribution in [0, 0.1) is 0 Å². The Kier molecular flexibility index (Phi) is 5.54. The van der Waals surface area contributed by atoms with Gasteiger partial charge in [-0.25, -0.2) is 8.42 Å². The van der Waals surface area contributed by atoms with Gasteiger partial charge < -0.3 is 5.32 Å². The lowest BCUT2D eigenvalue weighted by Crippen LogP contribution is -2.55. The summed E-state index contributed by atoms with van der Waals surface area (Å²) in [6.45, 7) is 6.53. The molecule has 3 rings (SSSR count). The van der Waals surface area contributed by atoms with Gasteiger partial charge in [0.1, 0.15) is 4.75 Å². The van der Waals surface area contributed by atoms with Crippen LogP contribution >= 0.6 is 15.9 Å². The van der Waals surface area contributed by atoms with Gasteiger partial charge in [0, 0.05) is 36.6 Å². The molecule has 0 saturated carbocycles. The quantitative estimate of drug-likeness (QED) is 0.804. The van der Waals surface area contributed by atoms with Gasteiger partial charge in [-0.05, 0) is 31.0 Å². The van der Waals surface area contributed by atoms with Gasteiger partial charge in [0.25, 0.3) is 0 Å². The summed E-state index contributed by atoms with van der Waals surface area (Å²) in [4.78, 5) is 0. The van der Waals surface area contributed by atoms with Crippen LogP contribution in [0.4, 0.5) is 0 Å². The number of sulfonamides is 1. The fourth-order valence-electron chi connectivity index (χ4n) is 3.62. The zero-order valence-electron chi connectivity index (χ0n) is 14.7. The molecule has 1 aromatic carbocycles. The Morgan fingerprint density at radius 1 is 1.20 bits per heavy atom. The van der Waals surface area contributed by atoms with Crippen LogP contribution in [-0.4, -0.2) is 43.6 Å². The van der Waals surface area contributed by atoms with Crippen LogP contribution in [0.1, 0.15) is 31.7 Å². The molecular formula is C19H25BrN2O2S. The van der Waals surface area contributed by atoms with Crippen molar-refractivity contribution >= 4 is 26.0 Å². The fraction of sp³-hybridized carbons (Fsp3) is 0.474. The Labute approximate surface area is 159 Å². The summed E-state index contributed by atoms with van der Waals surface area (Å²) in [5, 5.41) is 3.24. The van der Waals surface area contributed by atoms with E-state index in [0.717, 1.165) is 15.6 Å². The second-order valence-corrected chi connectivity index (χ2v) is 10.0. The largest absolute Gasteiger partial charge is 0.314 e. The average Bonchev–Trinajstić information content (AvgIpc) is 2.63. The Bertz CT molecular complexity index is 780. The van der Waals surface area contributed by atoms with E-state index in [4.69, 9.17) is 0 Å². The highest BCUT2D eigenvalue weighted by molar-refractivity contribution is 9.10. The summed E-state index contributed by atoms with van der Waals surface area (Å²) in [5.74, 6) is -0.138. The number of hydrogen-bond donors (Lipinski definition) is 1. The predicted molar refractivity (Wildman–Crippen MR) is 106 cm³/mol. The van der Waals surface area contributed by atoms with Crippen molar-refractivity contribution in [3.8, 4) is 0 Å². The van der Waals surface area contributed by atoms with Gasteiger partial charge in [0.05, 0.1) is 0 Å². The van der Waals surface area contributed by atoms with E-state index in [1.807, 2.05) is 50.3 Å². The molecule has 1 heterocycles. The molecule has 0 bridgehead atoms. The normalized spacial score (nSPS) is 26.3. The second-order valence-electron chi connectivity index (χ2n) is 6.87. The van der Waals surface area contributed by atoms with Crippen LogP contribution in [0.5, 0.6) is 0 Å². The third kappa shape index (κ3) is 3.50. The van der Waals surface area contributed by atoms with Crippen LogP contribution in [0.3, 0.4) is 0 Å². The summed E-state index contributed by atoms with van der Waals surface area (Å²) >= 11 is 3.46. The number of nitrogens with zero attached hydrogens (tertiary/aromatic N) is 1. The molecule has 1 saturated heterocycles. The number of piperazine rings is 1. The highest BCUT2D eigenvalue weighted by Gasteiger charge is 2.49. The minimum absolute atomic E-state index is 0.138. The Hall–Kier alpha value is -0.950. The topological polar surface area (TPSA) is 49.4 Å². The average molecular weight is 425 g/mol. The lowest BCUT2D eigenvalue weighted by atomic mass is 9.81. The van der Waals surface area contributed by atoms with E-state index in [1.165, 1.54) is 0 Å². The number of rotatable bonds is 4. The monoisotopic (exact) mass is 424 g/mol. The molecule has 1 fully saturated rings. The van der Waals surface area contributed by atoms with Gasteiger partial charge in [-0.3, -0.25) is 0 Å². The predicted octanol–water partition coefficient (Wildman–Crippen LogP) is 3.43. The van der Waals surface area contributed by atoms with Gasteiger partial charge in [-0.2, -0.15) is 4.31 Å². The zero-order chi connectivity index (χ0) is 18.1. The lowest BCUT2D eigenvalue weighted by molar-refractivity contribution is 0.342. The molecule has 136 valence electrons. The first-order valence-corrected chi connectivity index (χ1v) is 10.9. The van der Waals surface area contributed by atoms with Crippen molar-refractivity contribution in [1.29, 1.82) is 0 Å². The zero-order valence-corrected chi connectivity index (χ0v) is 17.1. The minimum Gasteiger partial charge on any atom is -0.314 e. The smallest absolute Gasteiger partial charge is 0.224 e. The molecule has 0 amide bonds. The molecule has 1 aliphatic heterocycles. The number of hydrogen-bond acceptors (Lipinski definition) is 3. The summed E-state index contributed by atoms with van der Waals surface area (Å²) < 4.78 is 29.0. The van der Waals surface area contributed by atoms with Crippen molar-refractivity contribution in [2.45, 2.75) is 30.9 Å². The molecule has 4 nitrogen and oxygen atoms in total. The van der Waals surface area contributed by atoms with E-state index >= 15 is 0 Å². The molecule has 1 N–H and O–H groups in total. The SMILES string of the molecule is CC1=CC[C@@](C(C)c2ccc(Br)cc2)(S(=O)(=O)N2CCNCC2)C=C1. The molecule has 2 aliphatic rings. The van der Waals surface area contributed by atoms with E-state index < -0.39 is 14.8 Å². The Balaban J connectivity index is 2.04. The first kappa shape index (κ1) is 18.8. The second kappa shape index (κ2) is 7.35. The molecule has 1 unspecified atom stereocenters. The fourth-order valence-corrected chi connectivity index (χ4v) is 6.15. The van der Waals surface area contributed by atoms with Crippen LogP contribution in [0.15, 0.2) is 52.5 Å². The van der Waals surface area contributed by atoms with Gasteiger partial charge in [-0.15, -0.1) is 0 Å². The summed E-state index contributed by atoms with van der Waals surface area (Å²) in [7, 11) is -3.48. The Morgan fingerprint density at radius 2 is 1.84 bits per heavy atom. The molecule has 0 radical (unpaired) electrons. The van der Waals surface area contributed by atoms with Crippen molar-refractivity contribution in [3.63, 3.8) is 0 Å². The van der Waals surface area contributed by atoms with E-state index in [9.17, 15) is 8.42 Å². The number of nitrogens with one attached hydrogen (secondary N) is 1. The van der Waals surface area contributed by atoms with E-state index in [0.29, 0.717) is 32.6 Å². The van der Waals surface area contributed by atoms with Crippen LogP contribution in [-0.2, 0) is 10.0 Å². The maximum atomic E-state index is 13.7. The van der Waals surface area contributed by atoms with Crippen molar-refractivity contribution in [2.24, 2.45) is 0 Å². The summed E-state index contributed by atoms with van der Waals surface area (Å²) in [6.07, 6.45) is 6.44. The van der Waals surface area contributed by atoms with E-state index in [1.54, 1.807) is 4.31 Å². The molecule has 0 spiro atoms. The third-order valence-electron chi connectivity index (χ3n) is 5.37. The maximum absolute atomic E-state index is 13.7. The van der Waals surface area contributed by atoms with Crippen molar-refractivity contribution < 1.29 is 8.42 Å².